The van der Waals surface area contributed by atoms with E-state index >= 15 is 0 Å². The molecule has 0 aromatic carbocycles. The monoisotopic (exact) mass is 161 g/mol. The number of nitrogens with two attached hydrogens (primary N) is 1. The van der Waals surface area contributed by atoms with Crippen molar-refractivity contribution in [2.45, 2.75) is 12.1 Å². The SMILES string of the molecule is NC1C(=O)NOC1C(=O)NO. The molecule has 1 fully saturated rings. The van der Waals surface area contributed by atoms with Crippen LogP contribution in [-0.2, 0) is 14.4 Å². The lowest BCUT2D eigenvalue weighted by Crippen LogP contribution is -2.45. The highest BCUT2D eigenvalue weighted by molar-refractivity contribution is 5.92. The summed E-state index contributed by atoms with van der Waals surface area (Å²) in [5, 5.41) is 8.13. The van der Waals surface area contributed by atoms with Crippen LogP contribution >= 0.6 is 0 Å². The predicted molar refractivity (Wildman–Crippen MR) is 30.9 cm³/mol. The van der Waals surface area contributed by atoms with Gasteiger partial charge < -0.3 is 5.73 Å². The number of nitrogens with one attached hydrogen (secondary N) is 2. The van der Waals surface area contributed by atoms with Crippen LogP contribution in [0, 0.1) is 0 Å². The third-order valence-corrected chi connectivity index (χ3v) is 1.28. The summed E-state index contributed by atoms with van der Waals surface area (Å²) in [5.41, 5.74) is 8.41. The molecule has 2 atom stereocenters. The van der Waals surface area contributed by atoms with Crippen molar-refractivity contribution in [3.05, 3.63) is 0 Å². The van der Waals surface area contributed by atoms with Crippen LogP contribution in [0.15, 0.2) is 0 Å². The Balaban J connectivity index is 2.61. The molecular weight excluding hydrogens is 154 g/mol. The molecule has 0 saturated carbocycles. The molecule has 11 heavy (non-hydrogen) atoms. The first-order valence-electron chi connectivity index (χ1n) is 2.82. The first kappa shape index (κ1) is 7.92. The number of hydroxylamine groups is 2. The van der Waals surface area contributed by atoms with E-state index in [1.165, 1.54) is 5.48 Å². The lowest BCUT2D eigenvalue weighted by molar-refractivity contribution is -0.142. The molecule has 0 bridgehead atoms. The van der Waals surface area contributed by atoms with E-state index in [9.17, 15) is 9.59 Å². The number of carbonyl (C=O) groups is 2. The Kier molecular flexibility index (Phi) is 2.03. The summed E-state index contributed by atoms with van der Waals surface area (Å²) in [6.45, 7) is 0. The highest BCUT2D eigenvalue weighted by Gasteiger charge is 2.38. The van der Waals surface area contributed by atoms with E-state index in [1.54, 1.807) is 0 Å². The van der Waals surface area contributed by atoms with Crippen molar-refractivity contribution in [2.24, 2.45) is 5.73 Å². The van der Waals surface area contributed by atoms with Gasteiger partial charge in [-0.1, -0.05) is 0 Å². The van der Waals surface area contributed by atoms with Crippen molar-refractivity contribution >= 4 is 11.8 Å². The van der Waals surface area contributed by atoms with Crippen LogP contribution in [0.5, 0.6) is 0 Å². The molecule has 0 aromatic heterocycles. The maximum Gasteiger partial charge on any atom is 0.277 e. The normalized spacial score (nSPS) is 29.8. The fourth-order valence-corrected chi connectivity index (χ4v) is 0.681. The van der Waals surface area contributed by atoms with Crippen LogP contribution in [0.3, 0.4) is 0 Å². The van der Waals surface area contributed by atoms with Gasteiger partial charge in [0.25, 0.3) is 11.8 Å². The quantitative estimate of drug-likeness (QED) is 0.246. The third-order valence-electron chi connectivity index (χ3n) is 1.28. The average Bonchev–Trinajstić information content (AvgIpc) is 2.32. The van der Waals surface area contributed by atoms with E-state index in [0.717, 1.165) is 0 Å². The predicted octanol–water partition coefficient (Wildman–Crippen LogP) is -2.75. The van der Waals surface area contributed by atoms with E-state index in [-0.39, 0.29) is 0 Å². The van der Waals surface area contributed by atoms with Crippen molar-refractivity contribution in [3.63, 3.8) is 0 Å². The maximum atomic E-state index is 10.6. The fraction of sp³-hybridized carbons (Fsp3) is 0.500. The summed E-state index contributed by atoms with van der Waals surface area (Å²) in [6.07, 6.45) is -1.16. The minimum atomic E-state index is -1.16. The van der Waals surface area contributed by atoms with E-state index in [2.05, 4.69) is 4.84 Å². The van der Waals surface area contributed by atoms with Gasteiger partial charge in [0.1, 0.15) is 6.04 Å². The smallest absolute Gasteiger partial charge is 0.277 e. The molecule has 1 saturated heterocycles. The van der Waals surface area contributed by atoms with Gasteiger partial charge in [-0.25, -0.2) is 11.0 Å². The Morgan fingerprint density at radius 1 is 1.82 bits per heavy atom. The summed E-state index contributed by atoms with van der Waals surface area (Å²) >= 11 is 0. The topological polar surface area (TPSA) is 114 Å². The van der Waals surface area contributed by atoms with Crippen molar-refractivity contribution in [1.29, 1.82) is 0 Å². The van der Waals surface area contributed by atoms with Gasteiger partial charge in [-0.05, 0) is 0 Å². The van der Waals surface area contributed by atoms with Gasteiger partial charge in [-0.3, -0.25) is 19.6 Å². The molecule has 2 unspecified atom stereocenters. The molecule has 0 radical (unpaired) electrons. The minimum absolute atomic E-state index is 0.585. The molecule has 1 aliphatic heterocycles. The Bertz CT molecular complexity index is 194. The summed E-state index contributed by atoms with van der Waals surface area (Å²) in [5.74, 6) is -1.44. The van der Waals surface area contributed by atoms with Gasteiger partial charge in [-0.15, -0.1) is 0 Å². The molecule has 1 rings (SSSR count). The van der Waals surface area contributed by atoms with Crippen molar-refractivity contribution in [3.8, 4) is 0 Å². The third kappa shape index (κ3) is 1.29. The first-order valence-corrected chi connectivity index (χ1v) is 2.82. The van der Waals surface area contributed by atoms with Gasteiger partial charge in [0.05, 0.1) is 0 Å². The van der Waals surface area contributed by atoms with Gasteiger partial charge >= 0.3 is 0 Å². The Labute approximate surface area is 61.4 Å². The molecule has 1 aliphatic rings. The lowest BCUT2D eigenvalue weighted by Gasteiger charge is -2.06. The van der Waals surface area contributed by atoms with E-state index in [1.807, 2.05) is 5.48 Å². The highest BCUT2D eigenvalue weighted by atomic mass is 16.7. The lowest BCUT2D eigenvalue weighted by atomic mass is 10.2. The second-order valence-electron chi connectivity index (χ2n) is 2.01. The summed E-state index contributed by atoms with van der Waals surface area (Å²) < 4.78 is 0. The second-order valence-corrected chi connectivity index (χ2v) is 2.01. The van der Waals surface area contributed by atoms with Gasteiger partial charge in [0.15, 0.2) is 6.10 Å². The average molecular weight is 161 g/mol. The van der Waals surface area contributed by atoms with Crippen LogP contribution in [0.25, 0.3) is 0 Å². The number of hydrogen-bond acceptors (Lipinski definition) is 5. The van der Waals surface area contributed by atoms with Crippen molar-refractivity contribution in [2.75, 3.05) is 0 Å². The zero-order chi connectivity index (χ0) is 8.43. The fourth-order valence-electron chi connectivity index (χ4n) is 0.681. The summed E-state index contributed by atoms with van der Waals surface area (Å²) in [6, 6.07) is -1.07. The van der Waals surface area contributed by atoms with Gasteiger partial charge in [-0.2, -0.15) is 0 Å². The minimum Gasteiger partial charge on any atom is -0.317 e. The van der Waals surface area contributed by atoms with E-state index in [0.29, 0.717) is 0 Å². The number of hydrogen-bond donors (Lipinski definition) is 4. The molecule has 62 valence electrons. The summed E-state index contributed by atoms with van der Waals surface area (Å²) in [4.78, 5) is 25.6. The molecule has 1 heterocycles. The first-order chi connectivity index (χ1) is 5.16. The molecule has 7 heteroatoms. The van der Waals surface area contributed by atoms with Crippen molar-refractivity contribution in [1.82, 2.24) is 11.0 Å². The van der Waals surface area contributed by atoms with Crippen LogP contribution in [0.4, 0.5) is 0 Å². The highest BCUT2D eigenvalue weighted by Crippen LogP contribution is 2.02. The zero-order valence-electron chi connectivity index (χ0n) is 5.40. The number of rotatable bonds is 1. The zero-order valence-corrected chi connectivity index (χ0v) is 5.40. The van der Waals surface area contributed by atoms with Crippen LogP contribution in [-0.4, -0.2) is 29.2 Å². The molecule has 0 spiro atoms. The standard InChI is InChI=1S/C4H7N3O4/c5-1-2(4(9)6-10)11-7-3(1)8/h1-2,10H,5H2,(H,6,9)(H,7,8). The molecular formula is C4H7N3O4. The summed E-state index contributed by atoms with van der Waals surface area (Å²) in [7, 11) is 0. The Hall–Kier alpha value is -1.18. The number of amides is 2. The number of carbonyl (C=O) groups excluding carboxylic acids is 2. The van der Waals surface area contributed by atoms with Crippen LogP contribution < -0.4 is 16.7 Å². The molecule has 5 N–H and O–H groups in total. The van der Waals surface area contributed by atoms with Crippen LogP contribution in [0.1, 0.15) is 0 Å². The molecule has 0 aromatic rings. The van der Waals surface area contributed by atoms with Crippen LogP contribution in [0.2, 0.25) is 0 Å². The van der Waals surface area contributed by atoms with E-state index in [4.69, 9.17) is 10.9 Å². The molecule has 2 amide bonds. The second kappa shape index (κ2) is 2.82. The molecule has 0 aliphatic carbocycles. The van der Waals surface area contributed by atoms with Crippen molar-refractivity contribution < 1.29 is 19.6 Å². The Morgan fingerprint density at radius 2 is 2.45 bits per heavy atom. The van der Waals surface area contributed by atoms with Gasteiger partial charge in [0, 0.05) is 0 Å². The van der Waals surface area contributed by atoms with Gasteiger partial charge in [0.2, 0.25) is 0 Å². The van der Waals surface area contributed by atoms with E-state index < -0.39 is 24.0 Å². The largest absolute Gasteiger partial charge is 0.317 e. The molecule has 7 nitrogen and oxygen atoms in total. The Morgan fingerprint density at radius 3 is 2.82 bits per heavy atom. The maximum absolute atomic E-state index is 10.6.